The number of ether oxygens (including phenoxy) is 1. The fraction of sp³-hybridized carbons (Fsp3) is 0.263. The predicted octanol–water partition coefficient (Wildman–Crippen LogP) is 1.29. The fourth-order valence-corrected chi connectivity index (χ4v) is 3.27. The largest absolute Gasteiger partial charge is 0.394 e. The first kappa shape index (κ1) is 24.2. The van der Waals surface area contributed by atoms with Gasteiger partial charge < -0.3 is 20.4 Å². The molecular formula is C19H16F5N7O4. The van der Waals surface area contributed by atoms with Gasteiger partial charge in [-0.2, -0.15) is 4.98 Å². The van der Waals surface area contributed by atoms with Crippen LogP contribution in [0.15, 0.2) is 28.4 Å². The van der Waals surface area contributed by atoms with Gasteiger partial charge in [0.2, 0.25) is 11.8 Å². The number of imidazole rings is 1. The van der Waals surface area contributed by atoms with Crippen LogP contribution in [0.4, 0.5) is 33.6 Å². The minimum atomic E-state index is -2.28. The van der Waals surface area contributed by atoms with E-state index in [4.69, 9.17) is 4.74 Å². The monoisotopic (exact) mass is 501 g/mol. The zero-order chi connectivity index (χ0) is 25.3. The average Bonchev–Trinajstić information content (AvgIpc) is 3.43. The zero-order valence-corrected chi connectivity index (χ0v) is 17.3. The van der Waals surface area contributed by atoms with Crippen LogP contribution in [0, 0.1) is 29.1 Å². The van der Waals surface area contributed by atoms with Crippen LogP contribution in [0.25, 0.3) is 11.2 Å². The molecule has 1 aliphatic rings. The molecular weight excluding hydrogens is 485 g/mol. The Balaban J connectivity index is 1.46. The van der Waals surface area contributed by atoms with Crippen molar-refractivity contribution in [2.24, 2.45) is 4.99 Å². The number of halogens is 5. The number of allylic oxidation sites excluding steroid dienone is 1. The summed E-state index contributed by atoms with van der Waals surface area (Å²) < 4.78 is 73.5. The average molecular weight is 501 g/mol. The number of benzene rings is 1. The molecule has 186 valence electrons. The summed E-state index contributed by atoms with van der Waals surface area (Å²) in [4.78, 5) is 26.7. The molecule has 0 bridgehead atoms. The first-order chi connectivity index (χ1) is 16.7. The van der Waals surface area contributed by atoms with E-state index in [0.717, 1.165) is 12.4 Å². The van der Waals surface area contributed by atoms with Gasteiger partial charge >= 0.3 is 0 Å². The van der Waals surface area contributed by atoms with Crippen molar-refractivity contribution in [3.63, 3.8) is 0 Å². The Morgan fingerprint density at radius 2 is 1.89 bits per heavy atom. The highest BCUT2D eigenvalue weighted by atomic mass is 19.2. The molecule has 1 aliphatic heterocycles. The van der Waals surface area contributed by atoms with Crippen LogP contribution in [0.1, 0.15) is 12.6 Å². The molecule has 0 aliphatic carbocycles. The Hall–Kier alpha value is -3.89. The summed E-state index contributed by atoms with van der Waals surface area (Å²) in [6.07, 6.45) is 2.28. The van der Waals surface area contributed by atoms with Crippen molar-refractivity contribution < 1.29 is 36.9 Å². The third-order valence-electron chi connectivity index (χ3n) is 4.98. The van der Waals surface area contributed by atoms with Crippen LogP contribution in [0.3, 0.4) is 0 Å². The molecule has 3 atom stereocenters. The highest BCUT2D eigenvalue weighted by Gasteiger charge is 2.35. The van der Waals surface area contributed by atoms with Crippen LogP contribution < -0.4 is 16.4 Å². The molecule has 2 aromatic heterocycles. The van der Waals surface area contributed by atoms with Crippen molar-refractivity contribution in [1.29, 1.82) is 0 Å². The van der Waals surface area contributed by atoms with Gasteiger partial charge in [0.15, 0.2) is 34.4 Å². The lowest BCUT2D eigenvalue weighted by atomic mass is 10.2. The van der Waals surface area contributed by atoms with Crippen LogP contribution in [-0.2, 0) is 4.74 Å². The summed E-state index contributed by atoms with van der Waals surface area (Å²) in [6.45, 7) is -0.395. The molecule has 3 heterocycles. The number of anilines is 1. The van der Waals surface area contributed by atoms with Gasteiger partial charge in [0.1, 0.15) is 18.0 Å². The number of fused-ring (bicyclic) bond motifs is 1. The topological polar surface area (TPSA) is 150 Å². The molecule has 0 radical (unpaired) electrons. The normalized spacial score (nSPS) is 20.5. The smallest absolute Gasteiger partial charge is 0.280 e. The maximum atomic E-state index is 13.6. The number of aliphatic imine (C=N–C) groups is 1. The number of hydrazine groups is 1. The van der Waals surface area contributed by atoms with Gasteiger partial charge in [-0.15, -0.1) is 0 Å². The second-order valence-electron chi connectivity index (χ2n) is 7.18. The standard InChI is InChI=1S/C19H16F5N7O4/c20-10-11(21)13(23)15(14(24)12(10)22)30-27-3-1-2-25-19-28-17-16(18(34)29-19)26-6-31(17)9-4-7(33)8(5-32)35-9/h1-3,6-9,27,30,32-33H,4-5H2,(H,28,29,34)/t7-,8+,9+/m0/s1. The summed E-state index contributed by atoms with van der Waals surface area (Å²) in [5.41, 5.74) is 2.14. The highest BCUT2D eigenvalue weighted by Crippen LogP contribution is 2.30. The number of nitrogens with one attached hydrogen (secondary N) is 3. The summed E-state index contributed by atoms with van der Waals surface area (Å²) in [7, 11) is 0. The minimum absolute atomic E-state index is 0.0151. The van der Waals surface area contributed by atoms with E-state index in [1.54, 1.807) is 0 Å². The number of aromatic nitrogens is 4. The summed E-state index contributed by atoms with van der Waals surface area (Å²) in [6, 6.07) is 0. The van der Waals surface area contributed by atoms with Gasteiger partial charge in [0.05, 0.1) is 19.0 Å². The van der Waals surface area contributed by atoms with E-state index in [0.29, 0.717) is 0 Å². The molecule has 35 heavy (non-hydrogen) atoms. The van der Waals surface area contributed by atoms with Crippen molar-refractivity contribution in [2.75, 3.05) is 12.0 Å². The number of rotatable bonds is 7. The molecule has 16 heteroatoms. The number of aliphatic hydroxyl groups excluding tert-OH is 2. The van der Waals surface area contributed by atoms with Crippen molar-refractivity contribution in [3.05, 3.63) is 58.0 Å². The molecule has 1 saturated heterocycles. The van der Waals surface area contributed by atoms with Gasteiger partial charge in [-0.3, -0.25) is 19.8 Å². The number of aliphatic hydroxyl groups is 2. The van der Waals surface area contributed by atoms with Gasteiger partial charge in [0, 0.05) is 18.8 Å². The predicted molar refractivity (Wildman–Crippen MR) is 110 cm³/mol. The lowest BCUT2D eigenvalue weighted by Gasteiger charge is -2.13. The van der Waals surface area contributed by atoms with Gasteiger partial charge in [-0.1, -0.05) is 0 Å². The van der Waals surface area contributed by atoms with Crippen molar-refractivity contribution in [2.45, 2.75) is 24.9 Å². The third kappa shape index (κ3) is 4.58. The molecule has 0 amide bonds. The summed E-state index contributed by atoms with van der Waals surface area (Å²) >= 11 is 0. The van der Waals surface area contributed by atoms with E-state index in [1.807, 2.05) is 5.43 Å². The van der Waals surface area contributed by atoms with Crippen molar-refractivity contribution >= 4 is 29.0 Å². The second kappa shape index (κ2) is 9.77. The Morgan fingerprint density at radius 1 is 1.20 bits per heavy atom. The highest BCUT2D eigenvalue weighted by molar-refractivity contribution is 5.75. The number of hydrogen-bond donors (Lipinski definition) is 5. The first-order valence-corrected chi connectivity index (χ1v) is 9.86. The molecule has 11 nitrogen and oxygen atoms in total. The number of H-pyrrole nitrogens is 1. The maximum absolute atomic E-state index is 13.6. The SMILES string of the molecule is O=c1[nH]c(N=CC=CNNc2c(F)c(F)c(F)c(F)c2F)nc2c1ncn2[C@H]1C[C@H](O)[C@@H](CO)O1. The van der Waals surface area contributed by atoms with Crippen LogP contribution in [0.2, 0.25) is 0 Å². The summed E-state index contributed by atoms with van der Waals surface area (Å²) in [5, 5.41) is 19.2. The van der Waals surface area contributed by atoms with E-state index in [2.05, 4.69) is 25.4 Å². The minimum Gasteiger partial charge on any atom is -0.394 e. The third-order valence-corrected chi connectivity index (χ3v) is 4.98. The molecule has 3 aromatic rings. The van der Waals surface area contributed by atoms with Gasteiger partial charge in [-0.05, 0) is 6.08 Å². The van der Waals surface area contributed by atoms with E-state index in [-0.39, 0.29) is 23.5 Å². The van der Waals surface area contributed by atoms with Crippen molar-refractivity contribution in [1.82, 2.24) is 24.9 Å². The molecule has 1 aromatic carbocycles. The number of nitrogens with zero attached hydrogens (tertiary/aromatic N) is 4. The Kier molecular flexibility index (Phi) is 6.77. The molecule has 0 saturated carbocycles. The second-order valence-corrected chi connectivity index (χ2v) is 7.18. The van der Waals surface area contributed by atoms with E-state index < -0.39 is 65.4 Å². The summed E-state index contributed by atoms with van der Waals surface area (Å²) in [5.74, 6) is -10.7. The van der Waals surface area contributed by atoms with E-state index in [1.165, 1.54) is 17.0 Å². The lowest BCUT2D eigenvalue weighted by molar-refractivity contribution is -0.0432. The maximum Gasteiger partial charge on any atom is 0.280 e. The van der Waals surface area contributed by atoms with Crippen molar-refractivity contribution in [3.8, 4) is 0 Å². The van der Waals surface area contributed by atoms with E-state index >= 15 is 0 Å². The zero-order valence-electron chi connectivity index (χ0n) is 17.3. The molecule has 0 unspecified atom stereocenters. The van der Waals surface area contributed by atoms with Crippen LogP contribution >= 0.6 is 0 Å². The lowest BCUT2D eigenvalue weighted by Crippen LogP contribution is -2.24. The van der Waals surface area contributed by atoms with Crippen LogP contribution in [0.5, 0.6) is 0 Å². The fourth-order valence-electron chi connectivity index (χ4n) is 3.27. The molecule has 5 N–H and O–H groups in total. The Morgan fingerprint density at radius 3 is 2.54 bits per heavy atom. The molecule has 4 rings (SSSR count). The quantitative estimate of drug-likeness (QED) is 0.107. The first-order valence-electron chi connectivity index (χ1n) is 9.86. The Bertz CT molecular complexity index is 1350. The van der Waals surface area contributed by atoms with Gasteiger partial charge in [0.25, 0.3) is 5.56 Å². The van der Waals surface area contributed by atoms with Gasteiger partial charge in [-0.25, -0.2) is 31.9 Å². The number of hydrogen-bond acceptors (Lipinski definition) is 9. The van der Waals surface area contributed by atoms with Crippen LogP contribution in [-0.4, -0.2) is 54.8 Å². The Labute approximate surface area is 191 Å². The molecule has 0 spiro atoms. The number of aromatic amines is 1. The van der Waals surface area contributed by atoms with E-state index in [9.17, 15) is 37.0 Å². The molecule has 1 fully saturated rings.